The zero-order valence-corrected chi connectivity index (χ0v) is 19.7. The molecule has 6 heteroatoms. The summed E-state index contributed by atoms with van der Waals surface area (Å²) in [6.07, 6.45) is 3.84. The number of nitrogens with zero attached hydrogens (tertiary/aromatic N) is 4. The number of benzene rings is 3. The fourth-order valence-electron chi connectivity index (χ4n) is 3.83. The number of allylic oxidation sites excluding steroid dienone is 1. The number of fused-ring (bicyclic) bond motifs is 1. The lowest BCUT2D eigenvalue weighted by atomic mass is 10.0. The third-order valence-electron chi connectivity index (χ3n) is 5.46. The first-order chi connectivity index (χ1) is 16.7. The summed E-state index contributed by atoms with van der Waals surface area (Å²) in [5.74, 6) is 0.859. The van der Waals surface area contributed by atoms with E-state index in [4.69, 9.17) is 9.84 Å². The van der Waals surface area contributed by atoms with Crippen LogP contribution in [0.2, 0.25) is 0 Å². The van der Waals surface area contributed by atoms with E-state index in [0.29, 0.717) is 17.2 Å². The van der Waals surface area contributed by atoms with Crippen LogP contribution >= 0.6 is 11.3 Å². The first-order valence-electron chi connectivity index (χ1n) is 11.0. The van der Waals surface area contributed by atoms with E-state index in [0.717, 1.165) is 44.0 Å². The maximum atomic E-state index is 10.00. The van der Waals surface area contributed by atoms with Gasteiger partial charge >= 0.3 is 0 Å². The second-order valence-electron chi connectivity index (χ2n) is 7.78. The molecule has 0 spiro atoms. The molecule has 0 aliphatic heterocycles. The molecule has 3 aromatic carbocycles. The minimum absolute atomic E-state index is 0.512. The molecule has 2 heterocycles. The van der Waals surface area contributed by atoms with Crippen LogP contribution in [0.3, 0.4) is 0 Å². The molecule has 0 bridgehead atoms. The van der Waals surface area contributed by atoms with Crippen LogP contribution in [-0.4, -0.2) is 21.4 Å². The summed E-state index contributed by atoms with van der Waals surface area (Å²) in [7, 11) is 0. The van der Waals surface area contributed by atoms with Crippen LogP contribution < -0.4 is 4.74 Å². The predicted molar refractivity (Wildman–Crippen MR) is 138 cm³/mol. The topological polar surface area (TPSA) is 63.7 Å². The Kier molecular flexibility index (Phi) is 5.94. The highest BCUT2D eigenvalue weighted by atomic mass is 32.1. The lowest BCUT2D eigenvalue weighted by molar-refractivity contribution is 0.338. The molecule has 2 aromatic heterocycles. The molecule has 0 atom stereocenters. The van der Waals surface area contributed by atoms with Crippen LogP contribution in [0, 0.1) is 18.3 Å². The third-order valence-corrected chi connectivity index (χ3v) is 6.53. The molecule has 34 heavy (non-hydrogen) atoms. The molecule has 5 aromatic rings. The average molecular weight is 463 g/mol. The van der Waals surface area contributed by atoms with Gasteiger partial charge in [-0.05, 0) is 68.0 Å². The van der Waals surface area contributed by atoms with E-state index < -0.39 is 0 Å². The normalized spacial score (nSPS) is 11.5. The van der Waals surface area contributed by atoms with Crippen LogP contribution in [0.4, 0.5) is 0 Å². The van der Waals surface area contributed by atoms with E-state index in [2.05, 4.69) is 17.1 Å². The quantitative estimate of drug-likeness (QED) is 0.257. The summed E-state index contributed by atoms with van der Waals surface area (Å²) in [4.78, 5) is 4.68. The Morgan fingerprint density at radius 3 is 2.62 bits per heavy atom. The molecular weight excluding hydrogens is 440 g/mol. The van der Waals surface area contributed by atoms with Gasteiger partial charge in [-0.3, -0.25) is 0 Å². The molecule has 166 valence electrons. The lowest BCUT2D eigenvalue weighted by Gasteiger charge is -2.08. The van der Waals surface area contributed by atoms with Gasteiger partial charge < -0.3 is 4.74 Å². The number of hydrogen-bond acceptors (Lipinski definition) is 5. The fourth-order valence-corrected chi connectivity index (χ4v) is 4.76. The van der Waals surface area contributed by atoms with Gasteiger partial charge in [-0.1, -0.05) is 30.3 Å². The predicted octanol–water partition coefficient (Wildman–Crippen LogP) is 6.92. The van der Waals surface area contributed by atoms with Crippen molar-refractivity contribution in [1.29, 1.82) is 5.26 Å². The Labute approximate surface area is 202 Å². The number of aromatic nitrogens is 3. The van der Waals surface area contributed by atoms with Gasteiger partial charge in [0.15, 0.2) is 0 Å². The van der Waals surface area contributed by atoms with E-state index in [9.17, 15) is 5.26 Å². The molecule has 0 aliphatic carbocycles. The number of hydrogen-bond donors (Lipinski definition) is 0. The number of aryl methyl sites for hydroxylation is 1. The maximum absolute atomic E-state index is 10.00. The highest BCUT2D eigenvalue weighted by molar-refractivity contribution is 7.19. The Bertz CT molecular complexity index is 1510. The Morgan fingerprint density at radius 2 is 1.88 bits per heavy atom. The van der Waals surface area contributed by atoms with E-state index in [1.807, 2.05) is 97.5 Å². The largest absolute Gasteiger partial charge is 0.494 e. The molecule has 0 aliphatic rings. The average Bonchev–Trinajstić information content (AvgIpc) is 3.49. The van der Waals surface area contributed by atoms with Crippen LogP contribution in [0.25, 0.3) is 38.8 Å². The molecule has 0 saturated carbocycles. The molecule has 0 fully saturated rings. The molecular formula is C28H22N4OS. The van der Waals surface area contributed by atoms with Crippen LogP contribution in [0.5, 0.6) is 5.75 Å². The van der Waals surface area contributed by atoms with E-state index in [-0.39, 0.29) is 0 Å². The van der Waals surface area contributed by atoms with Gasteiger partial charge in [-0.25, -0.2) is 9.67 Å². The lowest BCUT2D eigenvalue weighted by Crippen LogP contribution is -1.95. The van der Waals surface area contributed by atoms with Gasteiger partial charge in [0, 0.05) is 17.3 Å². The third kappa shape index (κ3) is 4.21. The minimum atomic E-state index is 0.512. The summed E-state index contributed by atoms with van der Waals surface area (Å²) < 4.78 is 8.62. The van der Waals surface area contributed by atoms with Gasteiger partial charge in [0.25, 0.3) is 0 Å². The molecule has 0 saturated heterocycles. The summed E-state index contributed by atoms with van der Waals surface area (Å²) in [5, 5.41) is 15.6. The van der Waals surface area contributed by atoms with Crippen molar-refractivity contribution in [3.05, 3.63) is 95.1 Å². The van der Waals surface area contributed by atoms with Crippen molar-refractivity contribution >= 4 is 33.2 Å². The van der Waals surface area contributed by atoms with E-state index in [1.54, 1.807) is 0 Å². The van der Waals surface area contributed by atoms with Crippen LogP contribution in [0.15, 0.2) is 79.0 Å². The van der Waals surface area contributed by atoms with Crippen molar-refractivity contribution in [2.45, 2.75) is 13.8 Å². The van der Waals surface area contributed by atoms with Crippen molar-refractivity contribution in [3.63, 3.8) is 0 Å². The molecule has 0 N–H and O–H groups in total. The summed E-state index contributed by atoms with van der Waals surface area (Å²) in [5.41, 5.74) is 6.00. The zero-order chi connectivity index (χ0) is 23.5. The smallest absolute Gasteiger partial charge is 0.135 e. The maximum Gasteiger partial charge on any atom is 0.135 e. The second-order valence-corrected chi connectivity index (χ2v) is 8.81. The molecule has 0 amide bonds. The first kappa shape index (κ1) is 21.6. The SMILES string of the molecule is CCOc1ccc(-c2nn(-c3ccccc3)cc2/C=C(\C#N)c2nc3ccccc3s2)cc1C. The van der Waals surface area contributed by atoms with E-state index >= 15 is 0 Å². The summed E-state index contributed by atoms with van der Waals surface area (Å²) in [6, 6.07) is 26.3. The highest BCUT2D eigenvalue weighted by Crippen LogP contribution is 2.32. The molecule has 5 rings (SSSR count). The second kappa shape index (κ2) is 9.34. The van der Waals surface area contributed by atoms with Gasteiger partial charge in [0.05, 0.1) is 28.1 Å². The summed E-state index contributed by atoms with van der Waals surface area (Å²) in [6.45, 7) is 4.62. The van der Waals surface area contributed by atoms with Crippen molar-refractivity contribution in [2.75, 3.05) is 6.61 Å². The number of thiazole rings is 1. The minimum Gasteiger partial charge on any atom is -0.494 e. The Balaban J connectivity index is 1.65. The van der Waals surface area contributed by atoms with Gasteiger partial charge in [0.1, 0.15) is 22.5 Å². The Morgan fingerprint density at radius 1 is 1.09 bits per heavy atom. The number of para-hydroxylation sites is 2. The van der Waals surface area contributed by atoms with Gasteiger partial charge in [-0.2, -0.15) is 10.4 Å². The zero-order valence-electron chi connectivity index (χ0n) is 18.9. The Hall–Kier alpha value is -4.21. The monoisotopic (exact) mass is 462 g/mol. The first-order valence-corrected chi connectivity index (χ1v) is 11.8. The number of nitriles is 1. The van der Waals surface area contributed by atoms with Crippen LogP contribution in [0.1, 0.15) is 23.1 Å². The number of ether oxygens (including phenoxy) is 1. The fraction of sp³-hybridized carbons (Fsp3) is 0.107. The highest BCUT2D eigenvalue weighted by Gasteiger charge is 2.15. The van der Waals surface area contributed by atoms with E-state index in [1.165, 1.54) is 11.3 Å². The summed E-state index contributed by atoms with van der Waals surface area (Å²) >= 11 is 1.52. The van der Waals surface area contributed by atoms with Crippen molar-refractivity contribution in [1.82, 2.24) is 14.8 Å². The molecule has 5 nitrogen and oxygen atoms in total. The van der Waals surface area contributed by atoms with Crippen LogP contribution in [-0.2, 0) is 0 Å². The standard InChI is InChI=1S/C28H22N4OS/c1-3-33-25-14-13-20(15-19(25)2)27-22(18-32(31-27)23-9-5-4-6-10-23)16-21(17-29)28-30-24-11-7-8-12-26(24)34-28/h4-16,18H,3H2,1-2H3/b21-16+. The van der Waals surface area contributed by atoms with Crippen molar-refractivity contribution in [3.8, 4) is 28.8 Å². The molecule has 0 radical (unpaired) electrons. The van der Waals surface area contributed by atoms with Crippen molar-refractivity contribution < 1.29 is 4.74 Å². The van der Waals surface area contributed by atoms with Gasteiger partial charge in [-0.15, -0.1) is 11.3 Å². The number of rotatable bonds is 6. The molecule has 0 unspecified atom stereocenters. The van der Waals surface area contributed by atoms with Gasteiger partial charge in [0.2, 0.25) is 0 Å². The van der Waals surface area contributed by atoms with Crippen molar-refractivity contribution in [2.24, 2.45) is 0 Å².